The Morgan fingerprint density at radius 1 is 0.857 bits per heavy atom. The molecule has 0 fully saturated rings. The highest BCUT2D eigenvalue weighted by atomic mass is 127. The summed E-state index contributed by atoms with van der Waals surface area (Å²) in [4.78, 5) is 12.7. The Kier molecular flexibility index (Phi) is 17.9. The number of rotatable bonds is 18. The summed E-state index contributed by atoms with van der Waals surface area (Å²) in [6.45, 7) is 6.29. The highest BCUT2D eigenvalue weighted by Crippen LogP contribution is 2.28. The highest BCUT2D eigenvalue weighted by molar-refractivity contribution is 6.35. The molecule has 0 spiro atoms. The van der Waals surface area contributed by atoms with E-state index in [1.165, 1.54) is 70.6 Å². The zero-order valence-corrected chi connectivity index (χ0v) is 24.6. The normalized spacial score (nSPS) is 10.6. The van der Waals surface area contributed by atoms with Crippen LogP contribution >= 0.6 is 11.6 Å². The number of carbonyl (C=O) groups excluding carboxylic acids is 1. The van der Waals surface area contributed by atoms with Crippen molar-refractivity contribution in [2.75, 3.05) is 6.61 Å². The molecular formula is C29H44ClIN2O2. The second kappa shape index (κ2) is 19.8. The minimum absolute atomic E-state index is 0. The molecule has 4 nitrogen and oxygen atoms in total. The molecule has 1 amide bonds. The van der Waals surface area contributed by atoms with Crippen molar-refractivity contribution in [3.8, 4) is 5.75 Å². The number of carbonyl (C=O) groups is 1. The smallest absolute Gasteiger partial charge is 0.253 e. The van der Waals surface area contributed by atoms with Crippen LogP contribution < -0.4 is 38.6 Å². The third-order valence-corrected chi connectivity index (χ3v) is 6.66. The van der Waals surface area contributed by atoms with Gasteiger partial charge >= 0.3 is 0 Å². The molecule has 1 heterocycles. The van der Waals surface area contributed by atoms with E-state index in [9.17, 15) is 4.79 Å². The number of hydrogen-bond donors (Lipinski definition) is 1. The molecule has 0 unspecified atom stereocenters. The molecule has 0 saturated carbocycles. The maximum atomic E-state index is 12.7. The van der Waals surface area contributed by atoms with Gasteiger partial charge in [0.05, 0.1) is 17.2 Å². The molecule has 1 N–H and O–H groups in total. The van der Waals surface area contributed by atoms with Gasteiger partial charge in [-0.2, -0.15) is 0 Å². The predicted molar refractivity (Wildman–Crippen MR) is 142 cm³/mol. The summed E-state index contributed by atoms with van der Waals surface area (Å²) in [5, 5.41) is 3.36. The molecule has 0 aliphatic rings. The van der Waals surface area contributed by atoms with E-state index < -0.39 is 0 Å². The van der Waals surface area contributed by atoms with Gasteiger partial charge in [0, 0.05) is 12.1 Å². The van der Waals surface area contributed by atoms with Crippen molar-refractivity contribution in [2.24, 2.45) is 0 Å². The average molecular weight is 615 g/mol. The summed E-state index contributed by atoms with van der Waals surface area (Å²) < 4.78 is 8.01. The van der Waals surface area contributed by atoms with Crippen molar-refractivity contribution in [1.82, 2.24) is 5.32 Å². The SMILES string of the molecule is CCCCCCCCCCCCCCOc1cccc(C(=O)NCc2cccc[n+]2CC)c1Cl.[I-]. The second-order valence-electron chi connectivity index (χ2n) is 9.02. The standard InChI is InChI=1S/C29H43ClN2O2.HI/c1-3-5-6-7-8-9-10-11-12-13-14-17-23-34-27-21-18-20-26(28(27)30)29(33)31-24-25-19-15-16-22-32(25)4-2;/h15-16,18-22H,3-14,17,23-24H2,1-2H3;1H. The number of nitrogens with one attached hydrogen (secondary N) is 1. The van der Waals surface area contributed by atoms with Crippen molar-refractivity contribution < 1.29 is 38.1 Å². The van der Waals surface area contributed by atoms with Gasteiger partial charge < -0.3 is 34.0 Å². The summed E-state index contributed by atoms with van der Waals surface area (Å²) in [6, 6.07) is 11.4. The van der Waals surface area contributed by atoms with Crippen LogP contribution in [0.1, 0.15) is 107 Å². The first kappa shape index (κ1) is 31.7. The third-order valence-electron chi connectivity index (χ3n) is 6.27. The van der Waals surface area contributed by atoms with Crippen molar-refractivity contribution >= 4 is 17.5 Å². The Morgan fingerprint density at radius 3 is 2.11 bits per heavy atom. The first-order valence-electron chi connectivity index (χ1n) is 13.3. The first-order valence-corrected chi connectivity index (χ1v) is 13.7. The maximum absolute atomic E-state index is 12.7. The van der Waals surface area contributed by atoms with Crippen LogP contribution in [0.4, 0.5) is 0 Å². The molecule has 2 rings (SSSR count). The van der Waals surface area contributed by atoms with Gasteiger partial charge in [-0.05, 0) is 25.5 Å². The predicted octanol–water partition coefficient (Wildman–Crippen LogP) is 4.66. The Hall–Kier alpha value is -1.34. The molecule has 6 heteroatoms. The van der Waals surface area contributed by atoms with Crippen LogP contribution in [0, 0.1) is 0 Å². The molecule has 0 aliphatic heterocycles. The monoisotopic (exact) mass is 614 g/mol. The lowest BCUT2D eigenvalue weighted by Gasteiger charge is -2.11. The molecule has 1 aromatic heterocycles. The van der Waals surface area contributed by atoms with Crippen molar-refractivity contribution in [2.45, 2.75) is 104 Å². The lowest BCUT2D eigenvalue weighted by atomic mass is 10.1. The summed E-state index contributed by atoms with van der Waals surface area (Å²) in [6.07, 6.45) is 17.8. The molecule has 1 aromatic carbocycles. The minimum atomic E-state index is -0.188. The van der Waals surface area contributed by atoms with E-state index in [2.05, 4.69) is 23.7 Å². The lowest BCUT2D eigenvalue weighted by Crippen LogP contribution is -3.00. The van der Waals surface area contributed by atoms with Crippen molar-refractivity contribution in [3.63, 3.8) is 0 Å². The van der Waals surface area contributed by atoms with Crippen LogP contribution in [0.3, 0.4) is 0 Å². The number of aromatic nitrogens is 1. The number of pyridine rings is 1. The molecule has 0 aliphatic carbocycles. The van der Waals surface area contributed by atoms with E-state index in [1.54, 1.807) is 6.07 Å². The van der Waals surface area contributed by atoms with Gasteiger partial charge in [0.1, 0.15) is 18.8 Å². The Morgan fingerprint density at radius 2 is 1.49 bits per heavy atom. The number of aryl methyl sites for hydroxylation is 1. The maximum Gasteiger partial charge on any atom is 0.253 e. The highest BCUT2D eigenvalue weighted by Gasteiger charge is 2.16. The van der Waals surface area contributed by atoms with Crippen molar-refractivity contribution in [1.29, 1.82) is 0 Å². The number of unbranched alkanes of at least 4 members (excludes halogenated alkanes) is 11. The lowest BCUT2D eigenvalue weighted by molar-refractivity contribution is -0.701. The number of ether oxygens (including phenoxy) is 1. The number of nitrogens with zero attached hydrogens (tertiary/aromatic N) is 1. The van der Waals surface area contributed by atoms with E-state index in [1.807, 2.05) is 36.5 Å². The van der Waals surface area contributed by atoms with Gasteiger partial charge in [-0.15, -0.1) is 0 Å². The average Bonchev–Trinajstić information content (AvgIpc) is 2.86. The van der Waals surface area contributed by atoms with Crippen molar-refractivity contribution in [3.05, 3.63) is 58.9 Å². The molecule has 0 saturated heterocycles. The van der Waals surface area contributed by atoms with E-state index in [4.69, 9.17) is 16.3 Å². The number of hydrogen-bond acceptors (Lipinski definition) is 2. The number of benzene rings is 1. The van der Waals surface area contributed by atoms with Gasteiger partial charge in [-0.3, -0.25) is 4.79 Å². The van der Waals surface area contributed by atoms with Crippen LogP contribution in [0.25, 0.3) is 0 Å². The van der Waals surface area contributed by atoms with Crippen LogP contribution in [0.5, 0.6) is 5.75 Å². The quantitative estimate of drug-likeness (QED) is 0.151. The summed E-state index contributed by atoms with van der Waals surface area (Å²) >= 11 is 6.50. The second-order valence-corrected chi connectivity index (χ2v) is 9.39. The minimum Gasteiger partial charge on any atom is -1.00 e. The van der Waals surface area contributed by atoms with Gasteiger partial charge in [-0.1, -0.05) is 101 Å². The summed E-state index contributed by atoms with van der Waals surface area (Å²) in [5.74, 6) is 0.396. The van der Waals surface area contributed by atoms with Crippen LogP contribution in [0.15, 0.2) is 42.6 Å². The molecule has 2 aromatic rings. The molecule has 0 radical (unpaired) electrons. The summed E-state index contributed by atoms with van der Waals surface area (Å²) in [5.41, 5.74) is 1.50. The van der Waals surface area contributed by atoms with E-state index in [0.717, 1.165) is 18.7 Å². The van der Waals surface area contributed by atoms with Crippen LogP contribution in [-0.2, 0) is 13.1 Å². The third kappa shape index (κ3) is 12.4. The Bertz CT molecular complexity index is 847. The van der Waals surface area contributed by atoms with E-state index >= 15 is 0 Å². The topological polar surface area (TPSA) is 42.2 Å². The molecule has 35 heavy (non-hydrogen) atoms. The fraction of sp³-hybridized carbons (Fsp3) is 0.586. The Balaban J connectivity index is 0.00000612. The van der Waals surface area contributed by atoms with Crippen LogP contribution in [-0.4, -0.2) is 12.5 Å². The van der Waals surface area contributed by atoms with Gasteiger partial charge in [0.2, 0.25) is 5.69 Å². The zero-order chi connectivity index (χ0) is 24.4. The fourth-order valence-corrected chi connectivity index (χ4v) is 4.44. The van der Waals surface area contributed by atoms with E-state index in [-0.39, 0.29) is 29.9 Å². The number of halogens is 2. The molecular weight excluding hydrogens is 571 g/mol. The first-order chi connectivity index (χ1) is 16.7. The Labute approximate surface area is 235 Å². The molecule has 0 atom stereocenters. The molecule has 0 bridgehead atoms. The molecule has 196 valence electrons. The largest absolute Gasteiger partial charge is 1.00 e. The van der Waals surface area contributed by atoms with Gasteiger partial charge in [-0.25, -0.2) is 4.57 Å². The van der Waals surface area contributed by atoms with E-state index in [0.29, 0.717) is 29.5 Å². The fourth-order valence-electron chi connectivity index (χ4n) is 4.17. The van der Waals surface area contributed by atoms with Crippen LogP contribution in [0.2, 0.25) is 5.02 Å². The number of amides is 1. The summed E-state index contributed by atoms with van der Waals surface area (Å²) in [7, 11) is 0. The zero-order valence-electron chi connectivity index (χ0n) is 21.7. The van der Waals surface area contributed by atoms with Gasteiger partial charge in [0.15, 0.2) is 6.20 Å². The van der Waals surface area contributed by atoms with Gasteiger partial charge in [0.25, 0.3) is 5.91 Å².